The van der Waals surface area contributed by atoms with Crippen molar-refractivity contribution in [3.63, 3.8) is 0 Å². The molecule has 0 aliphatic heterocycles. The Kier molecular flexibility index (Phi) is 4.53. The maximum atomic E-state index is 12.2. The Bertz CT molecular complexity index is 717. The normalized spacial score (nSPS) is 16.1. The highest BCUT2D eigenvalue weighted by Crippen LogP contribution is 2.29. The molecule has 0 atom stereocenters. The first-order valence-electron chi connectivity index (χ1n) is 8.21. The molecule has 1 aliphatic rings. The van der Waals surface area contributed by atoms with Gasteiger partial charge in [-0.1, -0.05) is 12.8 Å². The van der Waals surface area contributed by atoms with Crippen LogP contribution in [-0.2, 0) is 0 Å². The number of aryl methyl sites for hydroxylation is 2. The smallest absolute Gasteiger partial charge is 0.319 e. The number of aliphatic hydroxyl groups excluding tert-OH is 1. The van der Waals surface area contributed by atoms with Crippen LogP contribution in [0.4, 0.5) is 10.5 Å². The Morgan fingerprint density at radius 1 is 1.33 bits per heavy atom. The molecule has 3 rings (SSSR count). The van der Waals surface area contributed by atoms with Gasteiger partial charge in [0.15, 0.2) is 5.82 Å². The number of amides is 2. The number of pyridine rings is 1. The van der Waals surface area contributed by atoms with Gasteiger partial charge in [0.2, 0.25) is 0 Å². The summed E-state index contributed by atoms with van der Waals surface area (Å²) in [5.74, 6) is 0.703. The molecule has 2 amide bonds. The Morgan fingerprint density at radius 2 is 2.08 bits per heavy atom. The van der Waals surface area contributed by atoms with Gasteiger partial charge in [-0.15, -0.1) is 0 Å². The van der Waals surface area contributed by atoms with Crippen LogP contribution in [0, 0.1) is 13.8 Å². The number of hydrogen-bond acceptors (Lipinski definition) is 4. The summed E-state index contributed by atoms with van der Waals surface area (Å²) in [6, 6.07) is 5.27. The van der Waals surface area contributed by atoms with Crippen molar-refractivity contribution in [3.8, 4) is 5.82 Å². The number of aromatic nitrogens is 3. The molecule has 0 spiro atoms. The molecule has 0 bridgehead atoms. The van der Waals surface area contributed by atoms with Crippen LogP contribution in [0.25, 0.3) is 5.82 Å². The van der Waals surface area contributed by atoms with Gasteiger partial charge in [0.05, 0.1) is 29.7 Å². The second-order valence-electron chi connectivity index (χ2n) is 6.47. The lowest BCUT2D eigenvalue weighted by molar-refractivity contribution is 0.167. The topological polar surface area (TPSA) is 92.1 Å². The number of nitrogens with one attached hydrogen (secondary N) is 2. The van der Waals surface area contributed by atoms with E-state index in [0.717, 1.165) is 37.1 Å². The maximum Gasteiger partial charge on any atom is 0.319 e. The van der Waals surface area contributed by atoms with E-state index < -0.39 is 5.54 Å². The zero-order chi connectivity index (χ0) is 17.2. The molecule has 7 heteroatoms. The number of aliphatic hydroxyl groups is 1. The number of urea groups is 1. The third-order valence-electron chi connectivity index (χ3n) is 4.47. The fourth-order valence-electron chi connectivity index (χ4n) is 3.22. The number of hydrogen-bond donors (Lipinski definition) is 3. The van der Waals surface area contributed by atoms with Crippen molar-refractivity contribution < 1.29 is 9.90 Å². The Morgan fingerprint density at radius 3 is 2.62 bits per heavy atom. The van der Waals surface area contributed by atoms with Crippen LogP contribution in [0.2, 0.25) is 0 Å². The molecule has 3 N–H and O–H groups in total. The van der Waals surface area contributed by atoms with Gasteiger partial charge in [0.25, 0.3) is 0 Å². The van der Waals surface area contributed by atoms with Gasteiger partial charge in [0.1, 0.15) is 0 Å². The maximum absolute atomic E-state index is 12.2. The molecule has 2 heterocycles. The van der Waals surface area contributed by atoms with E-state index in [4.69, 9.17) is 0 Å². The molecule has 2 aromatic rings. The van der Waals surface area contributed by atoms with E-state index in [9.17, 15) is 9.90 Å². The SMILES string of the molecule is Cc1cc(C)n(-c2ccc(NC(=O)NC3(CO)CCCC3)cn2)n1. The van der Waals surface area contributed by atoms with Gasteiger partial charge < -0.3 is 15.7 Å². The molecule has 0 radical (unpaired) electrons. The van der Waals surface area contributed by atoms with Crippen LogP contribution >= 0.6 is 0 Å². The standard InChI is InChI=1S/C17H23N5O2/c1-12-9-13(2)22(21-12)15-6-5-14(10-18-15)19-16(24)20-17(11-23)7-3-4-8-17/h5-6,9-10,23H,3-4,7-8,11H2,1-2H3,(H2,19,20,24). The average Bonchev–Trinajstić information content (AvgIpc) is 3.15. The zero-order valence-electron chi connectivity index (χ0n) is 14.0. The van der Waals surface area contributed by atoms with Crippen molar-refractivity contribution in [1.82, 2.24) is 20.1 Å². The number of nitrogens with zero attached hydrogens (tertiary/aromatic N) is 3. The van der Waals surface area contributed by atoms with Crippen molar-refractivity contribution >= 4 is 11.7 Å². The van der Waals surface area contributed by atoms with E-state index in [1.807, 2.05) is 26.0 Å². The third-order valence-corrected chi connectivity index (χ3v) is 4.47. The molecule has 1 fully saturated rings. The van der Waals surface area contributed by atoms with E-state index in [1.54, 1.807) is 16.9 Å². The lowest BCUT2D eigenvalue weighted by Crippen LogP contribution is -2.50. The predicted molar refractivity (Wildman–Crippen MR) is 91.3 cm³/mol. The molecule has 0 unspecified atom stereocenters. The highest BCUT2D eigenvalue weighted by Gasteiger charge is 2.34. The van der Waals surface area contributed by atoms with Crippen LogP contribution in [0.3, 0.4) is 0 Å². The summed E-state index contributed by atoms with van der Waals surface area (Å²) in [5.41, 5.74) is 2.05. The fourth-order valence-corrected chi connectivity index (χ4v) is 3.22. The molecule has 128 valence electrons. The third kappa shape index (κ3) is 3.41. The minimum absolute atomic E-state index is 0.0322. The molecule has 0 aromatic carbocycles. The highest BCUT2D eigenvalue weighted by molar-refractivity contribution is 5.89. The van der Waals surface area contributed by atoms with Crippen LogP contribution < -0.4 is 10.6 Å². The number of anilines is 1. The first-order valence-corrected chi connectivity index (χ1v) is 8.21. The molecular weight excluding hydrogens is 306 g/mol. The van der Waals surface area contributed by atoms with Crippen molar-refractivity contribution in [3.05, 3.63) is 35.8 Å². The molecular formula is C17H23N5O2. The molecule has 7 nitrogen and oxygen atoms in total. The summed E-state index contributed by atoms with van der Waals surface area (Å²) in [7, 11) is 0. The molecule has 2 aromatic heterocycles. The Balaban J connectivity index is 1.66. The van der Waals surface area contributed by atoms with Crippen LogP contribution in [0.5, 0.6) is 0 Å². The number of carbonyl (C=O) groups excluding carboxylic acids is 1. The summed E-state index contributed by atoms with van der Waals surface area (Å²) >= 11 is 0. The number of carbonyl (C=O) groups is 1. The van der Waals surface area contributed by atoms with Crippen molar-refractivity contribution in [2.24, 2.45) is 0 Å². The van der Waals surface area contributed by atoms with E-state index in [2.05, 4.69) is 20.7 Å². The van der Waals surface area contributed by atoms with E-state index in [1.165, 1.54) is 0 Å². The van der Waals surface area contributed by atoms with Gasteiger partial charge >= 0.3 is 6.03 Å². The van der Waals surface area contributed by atoms with E-state index in [0.29, 0.717) is 11.5 Å². The molecule has 1 saturated carbocycles. The van der Waals surface area contributed by atoms with Crippen LogP contribution in [-0.4, -0.2) is 38.0 Å². The van der Waals surface area contributed by atoms with E-state index >= 15 is 0 Å². The van der Waals surface area contributed by atoms with Gasteiger partial charge in [-0.25, -0.2) is 14.5 Å². The summed E-state index contributed by atoms with van der Waals surface area (Å²) in [6.07, 6.45) is 5.28. The quantitative estimate of drug-likeness (QED) is 0.802. The Hall–Kier alpha value is -2.41. The summed E-state index contributed by atoms with van der Waals surface area (Å²) in [5, 5.41) is 19.6. The molecule has 0 saturated heterocycles. The summed E-state index contributed by atoms with van der Waals surface area (Å²) in [6.45, 7) is 3.87. The van der Waals surface area contributed by atoms with Crippen LogP contribution in [0.15, 0.2) is 24.4 Å². The fraction of sp³-hybridized carbons (Fsp3) is 0.471. The lowest BCUT2D eigenvalue weighted by Gasteiger charge is -2.27. The van der Waals surface area contributed by atoms with Crippen LogP contribution in [0.1, 0.15) is 37.1 Å². The first kappa shape index (κ1) is 16.4. The zero-order valence-corrected chi connectivity index (χ0v) is 14.0. The van der Waals surface area contributed by atoms with Crippen molar-refractivity contribution in [1.29, 1.82) is 0 Å². The van der Waals surface area contributed by atoms with E-state index in [-0.39, 0.29) is 12.6 Å². The summed E-state index contributed by atoms with van der Waals surface area (Å²) in [4.78, 5) is 16.5. The largest absolute Gasteiger partial charge is 0.394 e. The van der Waals surface area contributed by atoms with Gasteiger partial charge in [-0.05, 0) is 44.9 Å². The predicted octanol–water partition coefficient (Wildman–Crippen LogP) is 2.31. The Labute approximate surface area is 141 Å². The van der Waals surface area contributed by atoms with Gasteiger partial charge in [0, 0.05) is 5.69 Å². The lowest BCUT2D eigenvalue weighted by atomic mass is 9.99. The second kappa shape index (κ2) is 6.60. The highest BCUT2D eigenvalue weighted by atomic mass is 16.3. The van der Waals surface area contributed by atoms with Gasteiger partial charge in [-0.3, -0.25) is 0 Å². The minimum Gasteiger partial charge on any atom is -0.394 e. The minimum atomic E-state index is -0.485. The van der Waals surface area contributed by atoms with Crippen molar-refractivity contribution in [2.45, 2.75) is 45.1 Å². The molecule has 24 heavy (non-hydrogen) atoms. The second-order valence-corrected chi connectivity index (χ2v) is 6.47. The summed E-state index contributed by atoms with van der Waals surface area (Å²) < 4.78 is 1.76. The van der Waals surface area contributed by atoms with Gasteiger partial charge in [-0.2, -0.15) is 5.10 Å². The molecule has 1 aliphatic carbocycles. The van der Waals surface area contributed by atoms with Crippen molar-refractivity contribution in [2.75, 3.05) is 11.9 Å². The average molecular weight is 329 g/mol. The number of rotatable bonds is 4. The first-order chi connectivity index (χ1) is 11.5. The monoisotopic (exact) mass is 329 g/mol.